The van der Waals surface area contributed by atoms with Gasteiger partial charge in [-0.05, 0) is 23.5 Å². The Morgan fingerprint density at radius 3 is 2.42 bits per heavy atom. The Morgan fingerprint density at radius 2 is 1.73 bits per heavy atom. The van der Waals surface area contributed by atoms with Gasteiger partial charge in [-0.25, -0.2) is 4.79 Å². The van der Waals surface area contributed by atoms with Gasteiger partial charge in [0.05, 0.1) is 11.8 Å². The van der Waals surface area contributed by atoms with Crippen molar-refractivity contribution >= 4 is 16.9 Å². The molecule has 0 saturated heterocycles. The summed E-state index contributed by atoms with van der Waals surface area (Å²) in [6.45, 7) is 0. The molecule has 7 heteroatoms. The van der Waals surface area contributed by atoms with Crippen LogP contribution >= 0.6 is 0 Å². The molecule has 0 aliphatic heterocycles. The van der Waals surface area contributed by atoms with Crippen LogP contribution in [-0.2, 0) is 6.18 Å². The van der Waals surface area contributed by atoms with E-state index in [1.54, 1.807) is 30.3 Å². The van der Waals surface area contributed by atoms with Gasteiger partial charge in [-0.3, -0.25) is 0 Å². The maximum atomic E-state index is 13.1. The first kappa shape index (κ1) is 16.1. The van der Waals surface area contributed by atoms with Crippen LogP contribution in [0, 0.1) is 0 Å². The van der Waals surface area contributed by atoms with Gasteiger partial charge in [-0.1, -0.05) is 36.4 Å². The van der Waals surface area contributed by atoms with E-state index in [1.165, 1.54) is 28.8 Å². The normalized spacial score (nSPS) is 13.3. The molecule has 4 nitrogen and oxygen atoms in total. The Hall–Kier alpha value is -3.35. The monoisotopic (exact) mass is 356 g/mol. The van der Waals surface area contributed by atoms with E-state index in [1.807, 2.05) is 0 Å². The van der Waals surface area contributed by atoms with Crippen molar-refractivity contribution in [2.24, 2.45) is 0 Å². The van der Waals surface area contributed by atoms with E-state index in [-0.39, 0.29) is 22.3 Å². The van der Waals surface area contributed by atoms with Crippen LogP contribution in [0.15, 0.2) is 71.7 Å². The van der Waals surface area contributed by atoms with Crippen LogP contribution in [0.1, 0.15) is 11.1 Å². The van der Waals surface area contributed by atoms with Gasteiger partial charge in [0, 0.05) is 12.1 Å². The lowest BCUT2D eigenvalue weighted by Gasteiger charge is -2.09. The number of nitrogens with zero attached hydrogens (tertiary/aromatic N) is 2. The summed E-state index contributed by atoms with van der Waals surface area (Å²) < 4.78 is 41.7. The van der Waals surface area contributed by atoms with Gasteiger partial charge in [-0.15, -0.1) is 0 Å². The van der Waals surface area contributed by atoms with Gasteiger partial charge in [0.25, 0.3) is 5.65 Å². The van der Waals surface area contributed by atoms with Gasteiger partial charge in [0.15, 0.2) is 10.9 Å². The van der Waals surface area contributed by atoms with Crippen LogP contribution in [0.4, 0.5) is 13.2 Å². The largest absolute Gasteiger partial charge is 0.869 e. The van der Waals surface area contributed by atoms with Crippen molar-refractivity contribution in [3.63, 3.8) is 0 Å². The average molecular weight is 356 g/mol. The third-order valence-corrected chi connectivity index (χ3v) is 4.18. The third-order valence-electron chi connectivity index (χ3n) is 4.18. The topological polar surface area (TPSA) is 48.6 Å². The first-order valence-corrected chi connectivity index (χ1v) is 7.71. The first-order chi connectivity index (χ1) is 12.4. The molecule has 130 valence electrons. The third kappa shape index (κ3) is 2.40. The molecular formula is C19H11F3N2O2. The number of hydrogen-bond acceptors (Lipinski definition) is 2. The first-order valence-electron chi connectivity index (χ1n) is 7.71. The van der Waals surface area contributed by atoms with E-state index in [4.69, 9.17) is 0 Å². The van der Waals surface area contributed by atoms with E-state index in [9.17, 15) is 23.1 Å². The Labute approximate surface area is 144 Å². The zero-order chi connectivity index (χ0) is 18.5. The molecule has 26 heavy (non-hydrogen) atoms. The molecule has 0 bridgehead atoms. The Bertz CT molecular complexity index is 1250. The van der Waals surface area contributed by atoms with Crippen LogP contribution in [0.25, 0.3) is 16.9 Å². The number of imidazole rings is 1. The van der Waals surface area contributed by atoms with Gasteiger partial charge in [-0.2, -0.15) is 22.0 Å². The fraction of sp³-hybridized carbons (Fsp3) is 0.0526. The molecule has 0 radical (unpaired) electrons. The highest BCUT2D eigenvalue weighted by Crippen LogP contribution is 2.28. The van der Waals surface area contributed by atoms with Gasteiger partial charge in [0.1, 0.15) is 0 Å². The second kappa shape index (κ2) is 5.59. The smallest absolute Gasteiger partial charge is 0.416 e. The van der Waals surface area contributed by atoms with Gasteiger partial charge in [0.2, 0.25) is 0 Å². The van der Waals surface area contributed by atoms with Crippen LogP contribution < -0.4 is 20.4 Å². The predicted octanol–water partition coefficient (Wildman–Crippen LogP) is 1.29. The molecule has 4 aromatic rings. The molecule has 0 aliphatic carbocycles. The molecule has 0 spiro atoms. The zero-order valence-corrected chi connectivity index (χ0v) is 13.2. The van der Waals surface area contributed by atoms with Crippen LogP contribution in [0.2, 0.25) is 0 Å². The number of benzene rings is 1. The molecule has 3 heterocycles. The van der Waals surface area contributed by atoms with Crippen molar-refractivity contribution in [3.8, 4) is 0 Å². The van der Waals surface area contributed by atoms with Crippen molar-refractivity contribution in [3.05, 3.63) is 93.7 Å². The van der Waals surface area contributed by atoms with Crippen molar-refractivity contribution in [1.29, 1.82) is 0 Å². The molecule has 0 amide bonds. The second-order valence-corrected chi connectivity index (χ2v) is 5.77. The molecule has 0 aliphatic rings. The summed E-state index contributed by atoms with van der Waals surface area (Å²) in [5, 5.41) is 13.1. The number of rotatable bonds is 1. The molecule has 4 rings (SSSR count). The van der Waals surface area contributed by atoms with E-state index < -0.39 is 17.3 Å². The molecule has 1 aromatic carbocycles. The predicted molar refractivity (Wildman–Crippen MR) is 86.0 cm³/mol. The number of halogens is 3. The van der Waals surface area contributed by atoms with Crippen molar-refractivity contribution in [2.45, 2.75) is 6.18 Å². The minimum Gasteiger partial charge on any atom is -0.869 e. The van der Waals surface area contributed by atoms with Crippen molar-refractivity contribution < 1.29 is 22.7 Å². The lowest BCUT2D eigenvalue weighted by molar-refractivity contribution is -0.528. The van der Waals surface area contributed by atoms with Crippen LogP contribution in [-0.4, -0.2) is 4.40 Å². The summed E-state index contributed by atoms with van der Waals surface area (Å²) in [5.41, 5.74) is -0.777. The fourth-order valence-corrected chi connectivity index (χ4v) is 3.01. The van der Waals surface area contributed by atoms with Crippen LogP contribution in [0.5, 0.6) is 0 Å². The molecular weight excluding hydrogens is 345 g/mol. The minimum atomic E-state index is -4.56. The zero-order valence-electron chi connectivity index (χ0n) is 13.2. The van der Waals surface area contributed by atoms with Crippen molar-refractivity contribution in [1.82, 2.24) is 4.40 Å². The quantitative estimate of drug-likeness (QED) is 0.483. The number of fused-ring (bicyclic) bond motifs is 3. The van der Waals surface area contributed by atoms with Gasteiger partial charge < -0.3 is 5.11 Å². The lowest BCUT2D eigenvalue weighted by atomic mass is 10.2. The lowest BCUT2D eigenvalue weighted by Crippen LogP contribution is -2.41. The number of aromatic nitrogens is 2. The summed E-state index contributed by atoms with van der Waals surface area (Å²) in [5.74, 6) is -0.381. The van der Waals surface area contributed by atoms with E-state index in [0.717, 1.165) is 16.5 Å². The standard InChI is InChI=1S/C19H11F3N2O2/c20-19(21,22)13-9-10-23-15(11-13)24-14(7-4-8-16(24)25)17(23)18(26)12-5-2-1-3-6-12/h1-11H. The van der Waals surface area contributed by atoms with E-state index in [0.29, 0.717) is 5.56 Å². The average Bonchev–Trinajstić information content (AvgIpc) is 2.96. The summed E-state index contributed by atoms with van der Waals surface area (Å²) >= 11 is 0. The summed E-state index contributed by atoms with van der Waals surface area (Å²) in [6.07, 6.45) is -3.39. The Morgan fingerprint density at radius 1 is 1.00 bits per heavy atom. The molecule has 3 aromatic heterocycles. The summed E-state index contributed by atoms with van der Waals surface area (Å²) in [6, 6.07) is 14.4. The van der Waals surface area contributed by atoms with E-state index in [2.05, 4.69) is 0 Å². The summed E-state index contributed by atoms with van der Waals surface area (Å²) in [4.78, 5) is 12.3. The highest BCUT2D eigenvalue weighted by atomic mass is 19.4. The Kier molecular flexibility index (Phi) is 3.47. The second-order valence-electron chi connectivity index (χ2n) is 5.77. The molecule has 0 atom stereocenters. The van der Waals surface area contributed by atoms with E-state index >= 15 is 0 Å². The number of hydrogen-bond donors (Lipinski definition) is 0. The van der Waals surface area contributed by atoms with Crippen LogP contribution in [0.3, 0.4) is 0 Å². The molecule has 0 saturated carbocycles. The minimum absolute atomic E-state index is 0.0142. The molecule has 0 N–H and O–H groups in total. The summed E-state index contributed by atoms with van der Waals surface area (Å²) in [7, 11) is 0. The maximum Gasteiger partial charge on any atom is 0.416 e. The fourth-order valence-electron chi connectivity index (χ4n) is 3.01. The number of alkyl halides is 3. The highest BCUT2D eigenvalue weighted by Gasteiger charge is 2.33. The Balaban J connectivity index is 2.24. The number of pyridine rings is 2. The molecule has 0 unspecified atom stereocenters. The highest BCUT2D eigenvalue weighted by molar-refractivity contribution is 5.64. The maximum absolute atomic E-state index is 13.1. The van der Waals surface area contributed by atoms with Crippen molar-refractivity contribution in [2.75, 3.05) is 0 Å². The molecule has 0 fully saturated rings. The van der Waals surface area contributed by atoms with Gasteiger partial charge >= 0.3 is 11.7 Å². The SMILES string of the molecule is O=c1cccc2/c(=C(/[O-])c3ccccc3)[n+]3ccc(C(F)(F)F)cc3n12.